The number of aromatic nitrogens is 2. The Bertz CT molecular complexity index is 1050. The molecule has 0 radical (unpaired) electrons. The highest BCUT2D eigenvalue weighted by Crippen LogP contribution is 2.27. The number of nitrogens with two attached hydrogens (primary N) is 1. The van der Waals surface area contributed by atoms with Crippen molar-refractivity contribution in [3.05, 3.63) is 52.2 Å². The predicted molar refractivity (Wildman–Crippen MR) is 94.3 cm³/mol. The van der Waals surface area contributed by atoms with Gasteiger partial charge >= 0.3 is 5.97 Å². The molecular weight excluding hydrogens is 402 g/mol. The standard InChI is InChI=1S/C15H12ClN3O5S2/c1-8(13-18-19-14(24-13)11-3-2-6-25-11)23-15(20)9-4-5-10(16)12(7-9)26(17,21)22/h2-8H,1H3,(H2,17,21,22)/t8-/m1/s1. The van der Waals surface area contributed by atoms with E-state index < -0.39 is 22.1 Å². The molecule has 2 aromatic heterocycles. The molecule has 26 heavy (non-hydrogen) atoms. The highest BCUT2D eigenvalue weighted by Gasteiger charge is 2.22. The van der Waals surface area contributed by atoms with E-state index in [1.54, 1.807) is 6.92 Å². The molecule has 3 aromatic rings. The lowest BCUT2D eigenvalue weighted by molar-refractivity contribution is 0.0279. The van der Waals surface area contributed by atoms with Crippen LogP contribution in [0, 0.1) is 0 Å². The van der Waals surface area contributed by atoms with Gasteiger partial charge in [-0.2, -0.15) is 0 Å². The molecule has 0 aliphatic carbocycles. The Hall–Kier alpha value is -2.27. The summed E-state index contributed by atoms with van der Waals surface area (Å²) >= 11 is 7.23. The quantitative estimate of drug-likeness (QED) is 0.637. The van der Waals surface area contributed by atoms with E-state index in [0.717, 1.165) is 10.9 Å². The van der Waals surface area contributed by atoms with Gasteiger partial charge in [-0.25, -0.2) is 18.4 Å². The van der Waals surface area contributed by atoms with E-state index in [4.69, 9.17) is 25.9 Å². The van der Waals surface area contributed by atoms with Gasteiger partial charge in [0, 0.05) is 0 Å². The summed E-state index contributed by atoms with van der Waals surface area (Å²) in [4.78, 5) is 12.7. The van der Waals surface area contributed by atoms with Gasteiger partial charge < -0.3 is 9.15 Å². The molecule has 0 saturated heterocycles. The monoisotopic (exact) mass is 413 g/mol. The Morgan fingerprint density at radius 1 is 1.35 bits per heavy atom. The molecule has 1 aromatic carbocycles. The summed E-state index contributed by atoms with van der Waals surface area (Å²) < 4.78 is 33.7. The molecule has 1 atom stereocenters. The second kappa shape index (κ2) is 7.16. The highest BCUT2D eigenvalue weighted by molar-refractivity contribution is 7.89. The smallest absolute Gasteiger partial charge is 0.338 e. The third-order valence-corrected chi connectivity index (χ3v) is 5.53. The van der Waals surface area contributed by atoms with Gasteiger partial charge in [-0.1, -0.05) is 17.7 Å². The van der Waals surface area contributed by atoms with Crippen LogP contribution in [-0.4, -0.2) is 24.6 Å². The van der Waals surface area contributed by atoms with E-state index in [1.807, 2.05) is 17.5 Å². The molecule has 0 aliphatic heterocycles. The first-order valence-electron chi connectivity index (χ1n) is 7.16. The normalized spacial score (nSPS) is 12.7. The number of hydrogen-bond donors (Lipinski definition) is 1. The van der Waals surface area contributed by atoms with Crippen molar-refractivity contribution < 1.29 is 22.4 Å². The summed E-state index contributed by atoms with van der Waals surface area (Å²) in [6, 6.07) is 7.30. The summed E-state index contributed by atoms with van der Waals surface area (Å²) in [6.45, 7) is 1.56. The summed E-state index contributed by atoms with van der Waals surface area (Å²) in [6.07, 6.45) is -0.836. The number of thiophene rings is 1. The Labute approximate surface area is 157 Å². The lowest BCUT2D eigenvalue weighted by atomic mass is 10.2. The number of ether oxygens (including phenoxy) is 1. The van der Waals surface area contributed by atoms with Crippen molar-refractivity contribution in [2.24, 2.45) is 5.14 Å². The number of hydrogen-bond acceptors (Lipinski definition) is 8. The van der Waals surface area contributed by atoms with Crippen LogP contribution in [0.2, 0.25) is 5.02 Å². The number of esters is 1. The van der Waals surface area contributed by atoms with E-state index >= 15 is 0 Å². The Morgan fingerprint density at radius 2 is 2.12 bits per heavy atom. The number of rotatable bonds is 5. The van der Waals surface area contributed by atoms with E-state index in [9.17, 15) is 13.2 Å². The molecule has 2 heterocycles. The van der Waals surface area contributed by atoms with Gasteiger partial charge in [0.25, 0.3) is 11.8 Å². The van der Waals surface area contributed by atoms with Crippen molar-refractivity contribution in [3.8, 4) is 10.8 Å². The van der Waals surface area contributed by atoms with Gasteiger partial charge in [-0.3, -0.25) is 0 Å². The zero-order valence-corrected chi connectivity index (χ0v) is 15.6. The molecule has 0 spiro atoms. The average Bonchev–Trinajstić information content (AvgIpc) is 3.25. The van der Waals surface area contributed by atoms with Crippen molar-refractivity contribution in [1.82, 2.24) is 10.2 Å². The zero-order valence-electron chi connectivity index (χ0n) is 13.2. The van der Waals surface area contributed by atoms with Crippen LogP contribution in [0.4, 0.5) is 0 Å². The Balaban J connectivity index is 1.78. The first-order valence-corrected chi connectivity index (χ1v) is 9.96. The highest BCUT2D eigenvalue weighted by atomic mass is 35.5. The van der Waals surface area contributed by atoms with Crippen molar-refractivity contribution in [2.45, 2.75) is 17.9 Å². The van der Waals surface area contributed by atoms with Crippen LogP contribution in [0.25, 0.3) is 10.8 Å². The minimum absolute atomic E-state index is 0.0247. The molecule has 0 fully saturated rings. The Kier molecular flexibility index (Phi) is 5.10. The topological polar surface area (TPSA) is 125 Å². The summed E-state index contributed by atoms with van der Waals surface area (Å²) in [7, 11) is -4.07. The molecule has 11 heteroatoms. The minimum atomic E-state index is -4.07. The molecule has 0 bridgehead atoms. The number of halogens is 1. The van der Waals surface area contributed by atoms with Crippen molar-refractivity contribution in [2.75, 3.05) is 0 Å². The van der Waals surface area contributed by atoms with Gasteiger partial charge in [0.1, 0.15) is 4.90 Å². The van der Waals surface area contributed by atoms with Gasteiger partial charge in [0.15, 0.2) is 6.10 Å². The number of carbonyl (C=O) groups is 1. The zero-order chi connectivity index (χ0) is 18.9. The molecule has 0 saturated carbocycles. The number of carbonyl (C=O) groups excluding carboxylic acids is 1. The third kappa shape index (κ3) is 3.93. The fourth-order valence-electron chi connectivity index (χ4n) is 2.03. The van der Waals surface area contributed by atoms with Crippen LogP contribution in [0.3, 0.4) is 0 Å². The van der Waals surface area contributed by atoms with E-state index in [-0.39, 0.29) is 21.4 Å². The number of benzene rings is 1. The number of sulfonamides is 1. The van der Waals surface area contributed by atoms with E-state index in [2.05, 4.69) is 10.2 Å². The van der Waals surface area contributed by atoms with Crippen LogP contribution in [-0.2, 0) is 14.8 Å². The first-order chi connectivity index (χ1) is 12.3. The van der Waals surface area contributed by atoms with Gasteiger partial charge in [-0.15, -0.1) is 21.5 Å². The second-order valence-electron chi connectivity index (χ2n) is 5.16. The molecule has 8 nitrogen and oxygen atoms in total. The average molecular weight is 414 g/mol. The SMILES string of the molecule is C[C@@H](OC(=O)c1ccc(Cl)c(S(N)(=O)=O)c1)c1nnc(-c2cccs2)o1. The molecule has 136 valence electrons. The molecule has 3 rings (SSSR count). The van der Waals surface area contributed by atoms with Crippen LogP contribution >= 0.6 is 22.9 Å². The summed E-state index contributed by atoms with van der Waals surface area (Å²) in [5.74, 6) is -0.349. The second-order valence-corrected chi connectivity index (χ2v) is 8.05. The summed E-state index contributed by atoms with van der Waals surface area (Å²) in [5.41, 5.74) is -0.0247. The Morgan fingerprint density at radius 3 is 2.77 bits per heavy atom. The molecule has 2 N–H and O–H groups in total. The first kappa shape index (κ1) is 18.5. The predicted octanol–water partition coefficient (Wildman–Crippen LogP) is 3.02. The van der Waals surface area contributed by atoms with E-state index in [1.165, 1.54) is 23.5 Å². The van der Waals surface area contributed by atoms with Crippen molar-refractivity contribution in [1.29, 1.82) is 0 Å². The molecular formula is C15H12ClN3O5S2. The van der Waals surface area contributed by atoms with Crippen molar-refractivity contribution in [3.63, 3.8) is 0 Å². The number of primary sulfonamides is 1. The van der Waals surface area contributed by atoms with Crippen molar-refractivity contribution >= 4 is 38.9 Å². The van der Waals surface area contributed by atoms with Gasteiger partial charge in [0.05, 0.1) is 15.5 Å². The molecule has 0 amide bonds. The maximum atomic E-state index is 12.3. The van der Waals surface area contributed by atoms with Crippen LogP contribution in [0.15, 0.2) is 45.0 Å². The van der Waals surface area contributed by atoms with Gasteiger partial charge in [0.2, 0.25) is 10.0 Å². The summed E-state index contributed by atoms with van der Waals surface area (Å²) in [5, 5.41) is 14.6. The third-order valence-electron chi connectivity index (χ3n) is 3.28. The number of nitrogens with zero attached hydrogens (tertiary/aromatic N) is 2. The van der Waals surface area contributed by atoms with Crippen LogP contribution in [0.5, 0.6) is 0 Å². The minimum Gasteiger partial charge on any atom is -0.449 e. The maximum Gasteiger partial charge on any atom is 0.338 e. The fourth-order valence-corrected chi connectivity index (χ4v) is 3.74. The fraction of sp³-hybridized carbons (Fsp3) is 0.133. The largest absolute Gasteiger partial charge is 0.449 e. The maximum absolute atomic E-state index is 12.3. The molecule has 0 aliphatic rings. The molecule has 0 unspecified atom stereocenters. The lowest BCUT2D eigenvalue weighted by Crippen LogP contribution is -2.15. The van der Waals surface area contributed by atoms with E-state index in [0.29, 0.717) is 5.89 Å². The van der Waals surface area contributed by atoms with Crippen LogP contribution in [0.1, 0.15) is 29.3 Å². The van der Waals surface area contributed by atoms with Gasteiger partial charge in [-0.05, 0) is 36.6 Å². The lowest BCUT2D eigenvalue weighted by Gasteiger charge is -2.10. The van der Waals surface area contributed by atoms with Crippen LogP contribution < -0.4 is 5.14 Å².